The summed E-state index contributed by atoms with van der Waals surface area (Å²) in [5.74, 6) is 0. The highest BCUT2D eigenvalue weighted by atomic mass is 79.9. The molecule has 0 saturated carbocycles. The van der Waals surface area contributed by atoms with E-state index in [4.69, 9.17) is 0 Å². The lowest BCUT2D eigenvalue weighted by molar-refractivity contribution is 0.601. The number of benzene rings is 2. The SMILES string of the molecule is O=c1n(Cc2cccc(NS(=O)(=O)c3ccc(Br)cc3)c2)nc2ccccn12. The van der Waals surface area contributed by atoms with E-state index >= 15 is 0 Å². The predicted molar refractivity (Wildman–Crippen MR) is 110 cm³/mol. The smallest absolute Gasteiger partial charge is 0.280 e. The first-order valence-corrected chi connectivity index (χ1v) is 10.6. The summed E-state index contributed by atoms with van der Waals surface area (Å²) in [6.07, 6.45) is 1.66. The summed E-state index contributed by atoms with van der Waals surface area (Å²) in [6.45, 7) is 0.231. The van der Waals surface area contributed by atoms with Crippen molar-refractivity contribution in [3.63, 3.8) is 0 Å². The average molecular weight is 459 g/mol. The minimum absolute atomic E-state index is 0.165. The van der Waals surface area contributed by atoms with Crippen molar-refractivity contribution >= 4 is 37.3 Å². The minimum atomic E-state index is -3.71. The van der Waals surface area contributed by atoms with Gasteiger partial charge >= 0.3 is 5.69 Å². The fourth-order valence-electron chi connectivity index (χ4n) is 2.81. The maximum atomic E-state index is 12.6. The summed E-state index contributed by atoms with van der Waals surface area (Å²) < 4.78 is 31.3. The summed E-state index contributed by atoms with van der Waals surface area (Å²) in [5, 5.41) is 4.29. The zero-order valence-electron chi connectivity index (χ0n) is 14.5. The number of anilines is 1. The maximum Gasteiger partial charge on any atom is 0.350 e. The van der Waals surface area contributed by atoms with Crippen molar-refractivity contribution in [1.29, 1.82) is 0 Å². The number of fused-ring (bicyclic) bond motifs is 1. The van der Waals surface area contributed by atoms with Crippen LogP contribution in [0.5, 0.6) is 0 Å². The Morgan fingerprint density at radius 1 is 1.00 bits per heavy atom. The van der Waals surface area contributed by atoms with Gasteiger partial charge < -0.3 is 0 Å². The Morgan fingerprint density at radius 3 is 2.54 bits per heavy atom. The monoisotopic (exact) mass is 458 g/mol. The second kappa shape index (κ2) is 7.25. The van der Waals surface area contributed by atoms with Crippen LogP contribution in [0.25, 0.3) is 5.65 Å². The van der Waals surface area contributed by atoms with Crippen LogP contribution in [-0.2, 0) is 16.6 Å². The first-order chi connectivity index (χ1) is 13.4. The molecule has 0 fully saturated rings. The van der Waals surface area contributed by atoms with E-state index < -0.39 is 10.0 Å². The van der Waals surface area contributed by atoms with Gasteiger partial charge in [0.2, 0.25) is 0 Å². The highest BCUT2D eigenvalue weighted by Crippen LogP contribution is 2.19. The van der Waals surface area contributed by atoms with Crippen LogP contribution in [0.3, 0.4) is 0 Å². The van der Waals surface area contributed by atoms with Crippen molar-refractivity contribution in [2.45, 2.75) is 11.4 Å². The molecule has 0 saturated heterocycles. The second-order valence-corrected chi connectivity index (χ2v) is 8.73. The van der Waals surface area contributed by atoms with Crippen LogP contribution in [0.15, 0.2) is 87.1 Å². The van der Waals surface area contributed by atoms with E-state index in [9.17, 15) is 13.2 Å². The summed E-state index contributed by atoms with van der Waals surface area (Å²) in [7, 11) is -3.71. The van der Waals surface area contributed by atoms with E-state index in [2.05, 4.69) is 25.8 Å². The van der Waals surface area contributed by atoms with Crippen LogP contribution in [0.1, 0.15) is 5.56 Å². The van der Waals surface area contributed by atoms with Crippen LogP contribution in [0.4, 0.5) is 5.69 Å². The third kappa shape index (κ3) is 3.71. The number of aromatic nitrogens is 3. The van der Waals surface area contributed by atoms with E-state index in [0.717, 1.165) is 10.0 Å². The van der Waals surface area contributed by atoms with Crippen LogP contribution >= 0.6 is 15.9 Å². The van der Waals surface area contributed by atoms with Gasteiger partial charge in [-0.25, -0.2) is 17.9 Å². The third-order valence-electron chi connectivity index (χ3n) is 4.12. The maximum absolute atomic E-state index is 12.6. The molecular formula is C19H15BrN4O3S. The zero-order valence-corrected chi connectivity index (χ0v) is 16.9. The highest BCUT2D eigenvalue weighted by molar-refractivity contribution is 9.10. The Kier molecular flexibility index (Phi) is 4.78. The Morgan fingerprint density at radius 2 is 1.79 bits per heavy atom. The lowest BCUT2D eigenvalue weighted by atomic mass is 10.2. The fourth-order valence-corrected chi connectivity index (χ4v) is 4.12. The molecule has 2 aromatic heterocycles. The van der Waals surface area contributed by atoms with Gasteiger partial charge in [0.15, 0.2) is 5.65 Å². The number of halogens is 1. The molecule has 0 unspecified atom stereocenters. The topological polar surface area (TPSA) is 85.5 Å². The van der Waals surface area contributed by atoms with E-state index in [1.165, 1.54) is 21.2 Å². The van der Waals surface area contributed by atoms with Gasteiger partial charge in [-0.1, -0.05) is 34.1 Å². The van der Waals surface area contributed by atoms with E-state index in [1.54, 1.807) is 48.7 Å². The quantitative estimate of drug-likeness (QED) is 0.497. The van der Waals surface area contributed by atoms with Crippen molar-refractivity contribution < 1.29 is 8.42 Å². The molecule has 0 bridgehead atoms. The van der Waals surface area contributed by atoms with Gasteiger partial charge in [0, 0.05) is 16.4 Å². The lowest BCUT2D eigenvalue weighted by Gasteiger charge is -2.09. The van der Waals surface area contributed by atoms with Crippen molar-refractivity contribution in [2.75, 3.05) is 4.72 Å². The molecule has 4 rings (SSSR count). The first kappa shape index (κ1) is 18.5. The van der Waals surface area contributed by atoms with Gasteiger partial charge in [-0.05, 0) is 54.1 Å². The molecule has 0 aliphatic heterocycles. The van der Waals surface area contributed by atoms with Crippen LogP contribution in [-0.4, -0.2) is 22.6 Å². The van der Waals surface area contributed by atoms with E-state index in [1.807, 2.05) is 12.1 Å². The molecule has 0 spiro atoms. The van der Waals surface area contributed by atoms with Gasteiger partial charge in [0.05, 0.1) is 11.4 Å². The molecule has 0 aliphatic rings. The minimum Gasteiger partial charge on any atom is -0.280 e. The standard InChI is InChI=1S/C19H15BrN4O3S/c20-15-7-9-17(10-8-15)28(26,27)22-16-5-3-4-14(12-16)13-24-19(25)23-11-2-1-6-18(23)21-24/h1-12,22H,13H2. The average Bonchev–Trinajstić information content (AvgIpc) is 2.98. The largest absolute Gasteiger partial charge is 0.350 e. The van der Waals surface area contributed by atoms with E-state index in [0.29, 0.717) is 11.3 Å². The summed E-state index contributed by atoms with van der Waals surface area (Å²) in [5.41, 5.74) is 1.47. The van der Waals surface area contributed by atoms with Crippen molar-refractivity contribution in [3.05, 3.63) is 93.4 Å². The Balaban J connectivity index is 1.60. The number of pyridine rings is 1. The van der Waals surface area contributed by atoms with Gasteiger partial charge in [0.1, 0.15) is 0 Å². The molecule has 7 nitrogen and oxygen atoms in total. The van der Waals surface area contributed by atoms with Gasteiger partial charge in [0.25, 0.3) is 10.0 Å². The van der Waals surface area contributed by atoms with Gasteiger partial charge in [-0.15, -0.1) is 5.10 Å². The molecule has 0 radical (unpaired) electrons. The lowest BCUT2D eigenvalue weighted by Crippen LogP contribution is -2.21. The molecule has 142 valence electrons. The van der Waals surface area contributed by atoms with Crippen molar-refractivity contribution in [1.82, 2.24) is 14.2 Å². The summed E-state index contributed by atoms with van der Waals surface area (Å²) in [4.78, 5) is 12.6. The number of nitrogens with zero attached hydrogens (tertiary/aromatic N) is 3. The van der Waals surface area contributed by atoms with Crippen LogP contribution < -0.4 is 10.4 Å². The Labute approximate surface area is 169 Å². The van der Waals surface area contributed by atoms with E-state index in [-0.39, 0.29) is 17.1 Å². The number of sulfonamides is 1. The van der Waals surface area contributed by atoms with Gasteiger partial charge in [-0.2, -0.15) is 0 Å². The fraction of sp³-hybridized carbons (Fsp3) is 0.0526. The molecule has 4 aromatic rings. The number of hydrogen-bond donors (Lipinski definition) is 1. The number of rotatable bonds is 5. The zero-order chi connectivity index (χ0) is 19.7. The van der Waals surface area contributed by atoms with Crippen LogP contribution in [0.2, 0.25) is 0 Å². The molecule has 2 heterocycles. The highest BCUT2D eigenvalue weighted by Gasteiger charge is 2.14. The molecule has 0 amide bonds. The Bertz CT molecular complexity index is 1310. The second-order valence-electron chi connectivity index (χ2n) is 6.13. The molecule has 0 aliphatic carbocycles. The predicted octanol–water partition coefficient (Wildman–Crippen LogP) is 3.11. The Hall–Kier alpha value is -2.91. The number of hydrogen-bond acceptors (Lipinski definition) is 4. The molecule has 1 N–H and O–H groups in total. The molecule has 2 aromatic carbocycles. The van der Waals surface area contributed by atoms with Crippen LogP contribution in [0, 0.1) is 0 Å². The van der Waals surface area contributed by atoms with Crippen molar-refractivity contribution in [2.24, 2.45) is 0 Å². The molecule has 9 heteroatoms. The first-order valence-electron chi connectivity index (χ1n) is 8.34. The third-order valence-corrected chi connectivity index (χ3v) is 6.05. The molecular weight excluding hydrogens is 444 g/mol. The molecule has 28 heavy (non-hydrogen) atoms. The summed E-state index contributed by atoms with van der Waals surface area (Å²) >= 11 is 3.29. The van der Waals surface area contributed by atoms with Crippen molar-refractivity contribution in [3.8, 4) is 0 Å². The normalized spacial score (nSPS) is 11.6. The summed E-state index contributed by atoms with van der Waals surface area (Å²) in [6, 6.07) is 18.6. The number of nitrogens with one attached hydrogen (secondary N) is 1. The molecule has 0 atom stereocenters. The van der Waals surface area contributed by atoms with Gasteiger partial charge in [-0.3, -0.25) is 9.12 Å².